The van der Waals surface area contributed by atoms with E-state index in [2.05, 4.69) is 37.1 Å². The van der Waals surface area contributed by atoms with Crippen molar-refractivity contribution in [3.63, 3.8) is 0 Å². The van der Waals surface area contributed by atoms with E-state index < -0.39 is 0 Å². The van der Waals surface area contributed by atoms with Gasteiger partial charge in [-0.3, -0.25) is 4.68 Å². The first-order valence-electron chi connectivity index (χ1n) is 7.98. The fourth-order valence-corrected chi connectivity index (χ4v) is 3.51. The Hall–Kier alpha value is -2.45. The van der Waals surface area contributed by atoms with Crippen LogP contribution in [-0.4, -0.2) is 46.3 Å². The van der Waals surface area contributed by atoms with E-state index in [-0.39, 0.29) is 12.1 Å². The van der Waals surface area contributed by atoms with Gasteiger partial charge in [0.05, 0.1) is 23.6 Å². The minimum atomic E-state index is -0.246. The smallest absolute Gasteiger partial charge is 0.319 e. The minimum Gasteiger partial charge on any atom is -0.336 e. The van der Waals surface area contributed by atoms with Gasteiger partial charge >= 0.3 is 6.03 Å². The zero-order chi connectivity index (χ0) is 18.0. The number of thiophene rings is 1. The maximum absolute atomic E-state index is 12.2. The summed E-state index contributed by atoms with van der Waals surface area (Å²) in [4.78, 5) is 18.7. The predicted molar refractivity (Wildman–Crippen MR) is 101 cm³/mol. The van der Waals surface area contributed by atoms with E-state index in [0.29, 0.717) is 12.2 Å². The topological polar surface area (TPSA) is 75.1 Å². The molecule has 3 heterocycles. The number of anilines is 1. The lowest BCUT2D eigenvalue weighted by molar-refractivity contribution is 0.243. The van der Waals surface area contributed by atoms with Gasteiger partial charge in [0, 0.05) is 19.0 Å². The zero-order valence-corrected chi connectivity index (χ0v) is 15.6. The standard InChI is InChI=1S/C17H22N6OS/c1-11-14-7-13(8-18-16(14)23(4)21-11)20-17(24)19-9-15(22(2)3)12-5-6-25-10-12/h5-8,10,15H,9H2,1-4H3,(H2,19,20,24)/t15-/m0/s1. The molecule has 0 unspecified atom stereocenters. The Kier molecular flexibility index (Phi) is 5.00. The number of fused-ring (bicyclic) bond motifs is 1. The Morgan fingerprint density at radius 3 is 2.92 bits per heavy atom. The quantitative estimate of drug-likeness (QED) is 0.735. The number of pyridine rings is 1. The number of amides is 2. The van der Waals surface area contributed by atoms with Crippen LogP contribution in [0.25, 0.3) is 11.0 Å². The Bertz CT molecular complexity index is 871. The molecule has 3 rings (SSSR count). The number of aryl methyl sites for hydroxylation is 2. The maximum Gasteiger partial charge on any atom is 0.319 e. The molecule has 1 atom stereocenters. The van der Waals surface area contributed by atoms with E-state index in [9.17, 15) is 4.79 Å². The van der Waals surface area contributed by atoms with Crippen LogP contribution in [0.3, 0.4) is 0 Å². The molecule has 0 radical (unpaired) electrons. The van der Waals surface area contributed by atoms with Crippen LogP contribution in [0.4, 0.5) is 10.5 Å². The van der Waals surface area contributed by atoms with Crippen molar-refractivity contribution in [1.29, 1.82) is 0 Å². The van der Waals surface area contributed by atoms with Crippen LogP contribution in [0.2, 0.25) is 0 Å². The van der Waals surface area contributed by atoms with Gasteiger partial charge in [0.25, 0.3) is 0 Å². The van der Waals surface area contributed by atoms with Crippen LogP contribution >= 0.6 is 11.3 Å². The van der Waals surface area contributed by atoms with E-state index in [4.69, 9.17) is 0 Å². The number of nitrogens with one attached hydrogen (secondary N) is 2. The van der Waals surface area contributed by atoms with Crippen LogP contribution in [0.1, 0.15) is 17.3 Å². The van der Waals surface area contributed by atoms with Gasteiger partial charge in [0.2, 0.25) is 0 Å². The Balaban J connectivity index is 1.65. The van der Waals surface area contributed by atoms with Crippen molar-refractivity contribution < 1.29 is 4.79 Å². The van der Waals surface area contributed by atoms with Crippen molar-refractivity contribution in [3.8, 4) is 0 Å². The van der Waals surface area contributed by atoms with Crippen LogP contribution in [-0.2, 0) is 7.05 Å². The molecule has 3 aromatic heterocycles. The highest BCUT2D eigenvalue weighted by molar-refractivity contribution is 7.07. The number of rotatable bonds is 5. The fourth-order valence-electron chi connectivity index (χ4n) is 2.80. The molecule has 2 N–H and O–H groups in total. The summed E-state index contributed by atoms with van der Waals surface area (Å²) in [6, 6.07) is 3.87. The number of urea groups is 1. The SMILES string of the molecule is Cc1nn(C)c2ncc(NC(=O)NC[C@@H](c3ccsc3)N(C)C)cc12. The molecule has 7 nitrogen and oxygen atoms in total. The van der Waals surface area contributed by atoms with E-state index in [1.807, 2.05) is 39.5 Å². The molecule has 2 amide bonds. The van der Waals surface area contributed by atoms with Gasteiger partial charge in [-0.2, -0.15) is 16.4 Å². The average Bonchev–Trinajstić information content (AvgIpc) is 3.17. The molecular weight excluding hydrogens is 336 g/mol. The Labute approximate surface area is 150 Å². The molecule has 0 aromatic carbocycles. The van der Waals surface area contributed by atoms with E-state index >= 15 is 0 Å². The van der Waals surface area contributed by atoms with E-state index in [1.165, 1.54) is 5.56 Å². The monoisotopic (exact) mass is 358 g/mol. The number of carbonyl (C=O) groups excluding carboxylic acids is 1. The van der Waals surface area contributed by atoms with Crippen LogP contribution < -0.4 is 10.6 Å². The molecule has 0 fully saturated rings. The van der Waals surface area contributed by atoms with Gasteiger partial charge in [-0.1, -0.05) is 0 Å². The van der Waals surface area contributed by atoms with Gasteiger partial charge in [-0.15, -0.1) is 0 Å². The zero-order valence-electron chi connectivity index (χ0n) is 14.8. The normalized spacial score (nSPS) is 12.5. The highest BCUT2D eigenvalue weighted by Crippen LogP contribution is 2.21. The molecular formula is C17H22N6OS. The van der Waals surface area contributed by atoms with E-state index in [1.54, 1.807) is 22.2 Å². The first-order chi connectivity index (χ1) is 12.0. The number of nitrogens with zero attached hydrogens (tertiary/aromatic N) is 4. The van der Waals surface area contributed by atoms with Crippen molar-refractivity contribution >= 4 is 34.1 Å². The lowest BCUT2D eigenvalue weighted by atomic mass is 10.1. The summed E-state index contributed by atoms with van der Waals surface area (Å²) in [6.07, 6.45) is 1.64. The molecule has 0 aliphatic carbocycles. The summed E-state index contributed by atoms with van der Waals surface area (Å²) in [6.45, 7) is 2.45. The number of aromatic nitrogens is 3. The van der Waals surface area contributed by atoms with E-state index in [0.717, 1.165) is 16.7 Å². The lowest BCUT2D eigenvalue weighted by Gasteiger charge is -2.24. The third-order valence-corrected chi connectivity index (χ3v) is 4.83. The molecule has 0 saturated carbocycles. The second kappa shape index (κ2) is 7.20. The molecule has 0 spiro atoms. The lowest BCUT2D eigenvalue weighted by Crippen LogP contribution is -2.36. The number of carbonyl (C=O) groups is 1. The Morgan fingerprint density at radius 2 is 2.24 bits per heavy atom. The number of likely N-dealkylation sites (N-methyl/N-ethyl adjacent to an activating group) is 1. The number of hydrogen-bond donors (Lipinski definition) is 2. The first kappa shape index (κ1) is 17.4. The van der Waals surface area contributed by atoms with Gasteiger partial charge in [-0.25, -0.2) is 9.78 Å². The summed E-state index contributed by atoms with van der Waals surface area (Å²) >= 11 is 1.66. The Morgan fingerprint density at radius 1 is 1.44 bits per heavy atom. The molecule has 0 saturated heterocycles. The van der Waals surface area contributed by atoms with Gasteiger partial charge in [-0.05, 0) is 49.5 Å². The highest BCUT2D eigenvalue weighted by atomic mass is 32.1. The number of hydrogen-bond acceptors (Lipinski definition) is 5. The van der Waals surface area contributed by atoms with Crippen molar-refractivity contribution in [2.75, 3.05) is 26.0 Å². The third-order valence-electron chi connectivity index (χ3n) is 4.13. The highest BCUT2D eigenvalue weighted by Gasteiger charge is 2.16. The maximum atomic E-state index is 12.2. The van der Waals surface area contributed by atoms with Crippen molar-refractivity contribution in [1.82, 2.24) is 25.0 Å². The van der Waals surface area contributed by atoms with Crippen LogP contribution in [0, 0.1) is 6.92 Å². The van der Waals surface area contributed by atoms with Crippen molar-refractivity contribution in [2.45, 2.75) is 13.0 Å². The largest absolute Gasteiger partial charge is 0.336 e. The molecule has 3 aromatic rings. The molecule has 132 valence electrons. The predicted octanol–water partition coefficient (Wildman–Crippen LogP) is 2.76. The second-order valence-corrected chi connectivity index (χ2v) is 6.96. The summed E-state index contributed by atoms with van der Waals surface area (Å²) in [7, 11) is 5.86. The summed E-state index contributed by atoms with van der Waals surface area (Å²) in [5.74, 6) is 0. The van der Waals surface area contributed by atoms with Crippen molar-refractivity contribution in [3.05, 3.63) is 40.3 Å². The second-order valence-electron chi connectivity index (χ2n) is 6.18. The van der Waals surface area contributed by atoms with Crippen LogP contribution in [0.15, 0.2) is 29.1 Å². The summed E-state index contributed by atoms with van der Waals surface area (Å²) < 4.78 is 1.73. The molecule has 0 bridgehead atoms. The average molecular weight is 358 g/mol. The molecule has 0 aliphatic rings. The van der Waals surface area contributed by atoms with Crippen molar-refractivity contribution in [2.24, 2.45) is 7.05 Å². The summed E-state index contributed by atoms with van der Waals surface area (Å²) in [5, 5.41) is 15.2. The third kappa shape index (κ3) is 3.80. The molecule has 25 heavy (non-hydrogen) atoms. The minimum absolute atomic E-state index is 0.137. The van der Waals surface area contributed by atoms with Crippen LogP contribution in [0.5, 0.6) is 0 Å². The summed E-state index contributed by atoms with van der Waals surface area (Å²) in [5.41, 5.74) is 3.54. The molecule has 0 aliphatic heterocycles. The molecule has 8 heteroatoms. The first-order valence-corrected chi connectivity index (χ1v) is 8.92. The van der Waals surface area contributed by atoms with Gasteiger partial charge in [0.15, 0.2) is 5.65 Å². The van der Waals surface area contributed by atoms with Gasteiger partial charge in [0.1, 0.15) is 0 Å². The fraction of sp³-hybridized carbons (Fsp3) is 0.353. The van der Waals surface area contributed by atoms with Gasteiger partial charge < -0.3 is 15.5 Å².